The van der Waals surface area contributed by atoms with Gasteiger partial charge in [-0.05, 0) is 23.8 Å². The van der Waals surface area contributed by atoms with E-state index in [-0.39, 0.29) is 0 Å². The Kier molecular flexibility index (Phi) is 5.86. The Hall–Kier alpha value is -1.07. The summed E-state index contributed by atoms with van der Waals surface area (Å²) in [5, 5.41) is 9.04. The second-order valence-corrected chi connectivity index (χ2v) is 5.25. The second-order valence-electron chi connectivity index (χ2n) is 4.41. The number of halogens is 2. The summed E-state index contributed by atoms with van der Waals surface area (Å²) >= 11 is 12.0. The van der Waals surface area contributed by atoms with Crippen LogP contribution in [-0.4, -0.2) is 30.0 Å². The Balaban J connectivity index is 1.92. The molecule has 2 aromatic rings. The number of benzene rings is 1. The van der Waals surface area contributed by atoms with Gasteiger partial charge >= 0.3 is 0 Å². The molecule has 20 heavy (non-hydrogen) atoms. The van der Waals surface area contributed by atoms with E-state index in [1.807, 2.05) is 29.1 Å². The molecule has 0 aliphatic carbocycles. The van der Waals surface area contributed by atoms with Crippen molar-refractivity contribution in [1.29, 1.82) is 0 Å². The molecule has 1 heterocycles. The van der Waals surface area contributed by atoms with Crippen LogP contribution in [0.2, 0.25) is 10.0 Å². The number of aromatic nitrogens is 2. The summed E-state index contributed by atoms with van der Waals surface area (Å²) in [6.45, 7) is 2.87. The van der Waals surface area contributed by atoms with E-state index in [4.69, 9.17) is 27.9 Å². The summed E-state index contributed by atoms with van der Waals surface area (Å²) in [5.74, 6) is 0. The first-order chi connectivity index (χ1) is 9.69. The summed E-state index contributed by atoms with van der Waals surface area (Å²) in [6.07, 6.45) is 1.94. The van der Waals surface area contributed by atoms with Crippen LogP contribution in [-0.2, 0) is 17.8 Å². The monoisotopic (exact) mass is 313 g/mol. The van der Waals surface area contributed by atoms with E-state index >= 15 is 0 Å². The van der Waals surface area contributed by atoms with Crippen LogP contribution in [0.15, 0.2) is 30.5 Å². The molecule has 0 saturated carbocycles. The summed E-state index contributed by atoms with van der Waals surface area (Å²) in [7, 11) is 1.69. The highest BCUT2D eigenvalue weighted by molar-refractivity contribution is 6.35. The fraction of sp³-hybridized carbons (Fsp3) is 0.357. The Morgan fingerprint density at radius 1 is 1.30 bits per heavy atom. The smallest absolute Gasteiger partial charge is 0.0762 e. The zero-order valence-corrected chi connectivity index (χ0v) is 12.8. The van der Waals surface area contributed by atoms with Gasteiger partial charge in [0.15, 0.2) is 0 Å². The minimum atomic E-state index is 0.633. The van der Waals surface area contributed by atoms with Crippen LogP contribution >= 0.6 is 23.2 Å². The molecule has 0 aliphatic heterocycles. The molecule has 0 spiro atoms. The summed E-state index contributed by atoms with van der Waals surface area (Å²) in [6, 6.07) is 7.49. The van der Waals surface area contributed by atoms with Gasteiger partial charge in [-0.15, -0.1) is 0 Å². The molecule has 4 nitrogen and oxygen atoms in total. The van der Waals surface area contributed by atoms with E-state index in [2.05, 4.69) is 10.4 Å². The largest absolute Gasteiger partial charge is 0.383 e. The Morgan fingerprint density at radius 3 is 2.90 bits per heavy atom. The molecule has 0 amide bonds. The van der Waals surface area contributed by atoms with E-state index in [1.165, 1.54) is 0 Å². The average molecular weight is 314 g/mol. The van der Waals surface area contributed by atoms with Crippen LogP contribution in [0.25, 0.3) is 0 Å². The molecule has 0 radical (unpaired) electrons. The molecule has 6 heteroatoms. The first kappa shape index (κ1) is 15.3. The van der Waals surface area contributed by atoms with Crippen molar-refractivity contribution < 1.29 is 4.74 Å². The van der Waals surface area contributed by atoms with Gasteiger partial charge < -0.3 is 10.1 Å². The fourth-order valence-corrected chi connectivity index (χ4v) is 2.27. The molecule has 0 fully saturated rings. The van der Waals surface area contributed by atoms with E-state index in [0.717, 1.165) is 24.3 Å². The molecule has 0 aliphatic rings. The highest BCUT2D eigenvalue weighted by atomic mass is 35.5. The van der Waals surface area contributed by atoms with E-state index < -0.39 is 0 Å². The maximum atomic E-state index is 6.15. The minimum Gasteiger partial charge on any atom is -0.383 e. The summed E-state index contributed by atoms with van der Waals surface area (Å²) in [5.41, 5.74) is 1.99. The van der Waals surface area contributed by atoms with Crippen molar-refractivity contribution in [2.45, 2.75) is 13.1 Å². The van der Waals surface area contributed by atoms with Crippen molar-refractivity contribution in [3.05, 3.63) is 51.8 Å². The van der Waals surface area contributed by atoms with Gasteiger partial charge in [0, 0.05) is 36.4 Å². The lowest BCUT2D eigenvalue weighted by Gasteiger charge is -2.05. The molecule has 1 aromatic carbocycles. The molecule has 0 unspecified atom stereocenters. The van der Waals surface area contributed by atoms with Crippen molar-refractivity contribution >= 4 is 23.2 Å². The van der Waals surface area contributed by atoms with Crippen LogP contribution in [0.1, 0.15) is 11.3 Å². The molecule has 108 valence electrons. The van der Waals surface area contributed by atoms with Crippen molar-refractivity contribution in [2.75, 3.05) is 20.3 Å². The zero-order chi connectivity index (χ0) is 14.4. The number of nitrogens with one attached hydrogen (secondary N) is 1. The van der Waals surface area contributed by atoms with Gasteiger partial charge in [0.1, 0.15) is 0 Å². The standard InChI is InChI=1S/C14H17Cl2N3O/c1-20-7-5-17-9-13-4-6-19(18-13)10-11-2-3-12(15)8-14(11)16/h2-4,6,8,17H,5,7,9-10H2,1H3. The first-order valence-electron chi connectivity index (χ1n) is 6.35. The Morgan fingerprint density at radius 2 is 2.15 bits per heavy atom. The predicted octanol–water partition coefficient (Wildman–Crippen LogP) is 2.97. The van der Waals surface area contributed by atoms with Gasteiger partial charge in [0.25, 0.3) is 0 Å². The highest BCUT2D eigenvalue weighted by Gasteiger charge is 2.04. The maximum Gasteiger partial charge on any atom is 0.0762 e. The predicted molar refractivity (Wildman–Crippen MR) is 81.4 cm³/mol. The van der Waals surface area contributed by atoms with Gasteiger partial charge in [0.05, 0.1) is 18.8 Å². The third kappa shape index (κ3) is 4.49. The van der Waals surface area contributed by atoms with Gasteiger partial charge in [-0.25, -0.2) is 0 Å². The number of ether oxygens (including phenoxy) is 1. The van der Waals surface area contributed by atoms with E-state index in [9.17, 15) is 0 Å². The van der Waals surface area contributed by atoms with Crippen LogP contribution in [0.5, 0.6) is 0 Å². The van der Waals surface area contributed by atoms with Crippen molar-refractivity contribution in [3.63, 3.8) is 0 Å². The molecule has 2 rings (SSSR count). The SMILES string of the molecule is COCCNCc1ccn(Cc2ccc(Cl)cc2Cl)n1. The van der Waals surface area contributed by atoms with Gasteiger partial charge in [0.2, 0.25) is 0 Å². The third-order valence-electron chi connectivity index (χ3n) is 2.83. The number of methoxy groups -OCH3 is 1. The topological polar surface area (TPSA) is 39.1 Å². The number of nitrogens with zero attached hydrogens (tertiary/aromatic N) is 2. The Bertz CT molecular complexity index is 557. The lowest BCUT2D eigenvalue weighted by molar-refractivity contribution is 0.199. The molecular formula is C14H17Cl2N3O. The van der Waals surface area contributed by atoms with Crippen LogP contribution in [0.3, 0.4) is 0 Å². The summed E-state index contributed by atoms with van der Waals surface area (Å²) in [4.78, 5) is 0. The van der Waals surface area contributed by atoms with Gasteiger partial charge in [-0.1, -0.05) is 29.3 Å². The lowest BCUT2D eigenvalue weighted by atomic mass is 10.2. The van der Waals surface area contributed by atoms with Crippen molar-refractivity contribution in [1.82, 2.24) is 15.1 Å². The quantitative estimate of drug-likeness (QED) is 0.799. The summed E-state index contributed by atoms with van der Waals surface area (Å²) < 4.78 is 6.84. The normalized spacial score (nSPS) is 10.9. The third-order valence-corrected chi connectivity index (χ3v) is 3.42. The van der Waals surface area contributed by atoms with Crippen LogP contribution < -0.4 is 5.32 Å². The average Bonchev–Trinajstić information content (AvgIpc) is 2.86. The molecule has 0 atom stereocenters. The minimum absolute atomic E-state index is 0.633. The lowest BCUT2D eigenvalue weighted by Crippen LogP contribution is -2.19. The first-order valence-corrected chi connectivity index (χ1v) is 7.10. The van der Waals surface area contributed by atoms with Crippen molar-refractivity contribution in [2.24, 2.45) is 0 Å². The van der Waals surface area contributed by atoms with E-state index in [1.54, 1.807) is 13.2 Å². The van der Waals surface area contributed by atoms with Gasteiger partial charge in [-0.2, -0.15) is 5.10 Å². The number of rotatable bonds is 7. The fourth-order valence-electron chi connectivity index (χ4n) is 1.80. The van der Waals surface area contributed by atoms with Crippen molar-refractivity contribution in [3.8, 4) is 0 Å². The van der Waals surface area contributed by atoms with Crippen LogP contribution in [0, 0.1) is 0 Å². The molecule has 0 saturated heterocycles. The second kappa shape index (κ2) is 7.64. The molecule has 1 aromatic heterocycles. The van der Waals surface area contributed by atoms with Crippen LogP contribution in [0.4, 0.5) is 0 Å². The maximum absolute atomic E-state index is 6.15. The van der Waals surface area contributed by atoms with E-state index in [0.29, 0.717) is 23.2 Å². The highest BCUT2D eigenvalue weighted by Crippen LogP contribution is 2.21. The zero-order valence-electron chi connectivity index (χ0n) is 11.3. The van der Waals surface area contributed by atoms with Gasteiger partial charge in [-0.3, -0.25) is 4.68 Å². The molecule has 1 N–H and O–H groups in total. The number of hydrogen-bond donors (Lipinski definition) is 1. The number of hydrogen-bond acceptors (Lipinski definition) is 3. The Labute approximate surface area is 128 Å². The molecule has 0 bridgehead atoms. The molecular weight excluding hydrogens is 297 g/mol.